The van der Waals surface area contributed by atoms with Crippen LogP contribution in [0.5, 0.6) is 0 Å². The van der Waals surface area contributed by atoms with Crippen molar-refractivity contribution < 1.29 is 4.79 Å². The standard InChI is InChI=1S/C12H16Cl2N2O/c1-3-5-8(4-2)16-12(17)9-6-11(14)15-7-10(9)13/h6-8H,3-5H2,1-2H3,(H,16,17). The average molecular weight is 275 g/mol. The molecule has 94 valence electrons. The molecule has 0 bridgehead atoms. The molecule has 1 aromatic rings. The smallest absolute Gasteiger partial charge is 0.253 e. The zero-order chi connectivity index (χ0) is 12.8. The largest absolute Gasteiger partial charge is 0.349 e. The molecular formula is C12H16Cl2N2O. The van der Waals surface area contributed by atoms with E-state index in [0.717, 1.165) is 19.3 Å². The van der Waals surface area contributed by atoms with Crippen molar-refractivity contribution in [3.8, 4) is 0 Å². The van der Waals surface area contributed by atoms with Crippen LogP contribution in [0.25, 0.3) is 0 Å². The molecule has 17 heavy (non-hydrogen) atoms. The Bertz CT molecular complexity index is 396. The Hall–Kier alpha value is -0.800. The van der Waals surface area contributed by atoms with Crippen LogP contribution in [0, 0.1) is 0 Å². The average Bonchev–Trinajstić information content (AvgIpc) is 2.31. The van der Waals surface area contributed by atoms with Crippen molar-refractivity contribution in [2.45, 2.75) is 39.2 Å². The van der Waals surface area contributed by atoms with Crippen molar-refractivity contribution in [2.24, 2.45) is 0 Å². The molecule has 3 nitrogen and oxygen atoms in total. The summed E-state index contributed by atoms with van der Waals surface area (Å²) >= 11 is 11.7. The number of hydrogen-bond donors (Lipinski definition) is 1. The van der Waals surface area contributed by atoms with Gasteiger partial charge in [-0.2, -0.15) is 0 Å². The summed E-state index contributed by atoms with van der Waals surface area (Å²) in [5.41, 5.74) is 0.376. The molecule has 0 fully saturated rings. The highest BCUT2D eigenvalue weighted by Gasteiger charge is 2.15. The van der Waals surface area contributed by atoms with Gasteiger partial charge in [-0.3, -0.25) is 4.79 Å². The second-order valence-electron chi connectivity index (χ2n) is 3.85. The van der Waals surface area contributed by atoms with Gasteiger partial charge in [0.05, 0.1) is 10.6 Å². The van der Waals surface area contributed by atoms with E-state index in [1.54, 1.807) is 0 Å². The Balaban J connectivity index is 2.78. The minimum Gasteiger partial charge on any atom is -0.349 e. The van der Waals surface area contributed by atoms with Crippen molar-refractivity contribution in [3.63, 3.8) is 0 Å². The highest BCUT2D eigenvalue weighted by atomic mass is 35.5. The monoisotopic (exact) mass is 274 g/mol. The van der Waals surface area contributed by atoms with E-state index in [-0.39, 0.29) is 17.1 Å². The molecule has 1 atom stereocenters. The summed E-state index contributed by atoms with van der Waals surface area (Å²) in [5, 5.41) is 3.53. The molecule has 0 spiro atoms. The van der Waals surface area contributed by atoms with Crippen LogP contribution in [0.3, 0.4) is 0 Å². The Morgan fingerprint density at radius 1 is 1.47 bits per heavy atom. The molecule has 1 N–H and O–H groups in total. The first-order valence-electron chi connectivity index (χ1n) is 5.70. The zero-order valence-corrected chi connectivity index (χ0v) is 11.5. The molecule has 1 heterocycles. The van der Waals surface area contributed by atoms with Gasteiger partial charge in [-0.1, -0.05) is 43.5 Å². The summed E-state index contributed by atoms with van der Waals surface area (Å²) in [6.45, 7) is 4.13. The van der Waals surface area contributed by atoms with Gasteiger partial charge in [-0.25, -0.2) is 4.98 Å². The number of hydrogen-bond acceptors (Lipinski definition) is 2. The van der Waals surface area contributed by atoms with Gasteiger partial charge in [-0.05, 0) is 18.9 Å². The molecular weight excluding hydrogens is 259 g/mol. The second-order valence-corrected chi connectivity index (χ2v) is 4.65. The van der Waals surface area contributed by atoms with Crippen LogP contribution in [-0.4, -0.2) is 16.9 Å². The maximum Gasteiger partial charge on any atom is 0.253 e. The van der Waals surface area contributed by atoms with Gasteiger partial charge in [-0.15, -0.1) is 0 Å². The number of carbonyl (C=O) groups excluding carboxylic acids is 1. The number of nitrogens with one attached hydrogen (secondary N) is 1. The number of amides is 1. The molecule has 1 rings (SSSR count). The zero-order valence-electron chi connectivity index (χ0n) is 9.96. The third-order valence-electron chi connectivity index (χ3n) is 2.53. The lowest BCUT2D eigenvalue weighted by Crippen LogP contribution is -2.34. The van der Waals surface area contributed by atoms with Gasteiger partial charge < -0.3 is 5.32 Å². The van der Waals surface area contributed by atoms with E-state index in [1.807, 2.05) is 6.92 Å². The number of rotatable bonds is 5. The van der Waals surface area contributed by atoms with Crippen molar-refractivity contribution in [1.82, 2.24) is 10.3 Å². The lowest BCUT2D eigenvalue weighted by Gasteiger charge is -2.16. The summed E-state index contributed by atoms with van der Waals surface area (Å²) in [5.74, 6) is -0.195. The quantitative estimate of drug-likeness (QED) is 0.832. The molecule has 1 amide bonds. The van der Waals surface area contributed by atoms with Gasteiger partial charge in [0.25, 0.3) is 5.91 Å². The fourth-order valence-electron chi connectivity index (χ4n) is 1.58. The molecule has 0 aliphatic carbocycles. The van der Waals surface area contributed by atoms with E-state index in [2.05, 4.69) is 17.2 Å². The predicted octanol–water partition coefficient (Wildman–Crippen LogP) is 3.70. The third kappa shape index (κ3) is 4.17. The predicted molar refractivity (Wildman–Crippen MR) is 70.7 cm³/mol. The number of pyridine rings is 1. The minimum absolute atomic E-state index is 0.176. The highest BCUT2D eigenvalue weighted by Crippen LogP contribution is 2.18. The lowest BCUT2D eigenvalue weighted by molar-refractivity contribution is 0.0934. The van der Waals surface area contributed by atoms with Crippen LogP contribution in [0.1, 0.15) is 43.5 Å². The molecule has 0 saturated heterocycles. The van der Waals surface area contributed by atoms with Crippen molar-refractivity contribution in [1.29, 1.82) is 0 Å². The topological polar surface area (TPSA) is 42.0 Å². The van der Waals surface area contributed by atoms with Gasteiger partial charge in [0.2, 0.25) is 0 Å². The van der Waals surface area contributed by atoms with E-state index in [1.165, 1.54) is 12.3 Å². The van der Waals surface area contributed by atoms with Crippen molar-refractivity contribution in [2.75, 3.05) is 0 Å². The maximum atomic E-state index is 12.0. The van der Waals surface area contributed by atoms with Gasteiger partial charge in [0.15, 0.2) is 0 Å². The van der Waals surface area contributed by atoms with Crippen LogP contribution in [0.2, 0.25) is 10.2 Å². The minimum atomic E-state index is -0.195. The first-order valence-corrected chi connectivity index (χ1v) is 6.46. The molecule has 0 aliphatic heterocycles. The van der Waals surface area contributed by atoms with Crippen LogP contribution >= 0.6 is 23.2 Å². The molecule has 1 aromatic heterocycles. The number of halogens is 2. The Kier molecular flexibility index (Phi) is 5.72. The van der Waals surface area contributed by atoms with Gasteiger partial charge in [0.1, 0.15) is 5.15 Å². The van der Waals surface area contributed by atoms with Gasteiger partial charge >= 0.3 is 0 Å². The summed E-state index contributed by atoms with van der Waals surface area (Å²) < 4.78 is 0. The number of aromatic nitrogens is 1. The first-order chi connectivity index (χ1) is 8.08. The fraction of sp³-hybridized carbons (Fsp3) is 0.500. The first kappa shape index (κ1) is 14.3. The molecule has 0 saturated carbocycles. The Morgan fingerprint density at radius 3 is 2.76 bits per heavy atom. The Labute approximate surface area is 112 Å². The Morgan fingerprint density at radius 2 is 2.18 bits per heavy atom. The van der Waals surface area contributed by atoms with E-state index >= 15 is 0 Å². The van der Waals surface area contributed by atoms with Crippen molar-refractivity contribution >= 4 is 29.1 Å². The van der Waals surface area contributed by atoms with E-state index in [0.29, 0.717) is 10.6 Å². The summed E-state index contributed by atoms with van der Waals surface area (Å²) in [6, 6.07) is 1.66. The van der Waals surface area contributed by atoms with E-state index < -0.39 is 0 Å². The van der Waals surface area contributed by atoms with Crippen LogP contribution in [0.4, 0.5) is 0 Å². The molecule has 0 aromatic carbocycles. The van der Waals surface area contributed by atoms with Gasteiger partial charge in [0, 0.05) is 12.2 Å². The maximum absolute atomic E-state index is 12.0. The SMILES string of the molecule is CCCC(CC)NC(=O)c1cc(Cl)ncc1Cl. The fourth-order valence-corrected chi connectivity index (χ4v) is 1.92. The molecule has 5 heteroatoms. The van der Waals surface area contributed by atoms with E-state index in [4.69, 9.17) is 23.2 Å². The summed E-state index contributed by atoms with van der Waals surface area (Å²) in [6.07, 6.45) is 4.28. The van der Waals surface area contributed by atoms with E-state index in [9.17, 15) is 4.79 Å². The van der Waals surface area contributed by atoms with Crippen LogP contribution in [0.15, 0.2) is 12.3 Å². The van der Waals surface area contributed by atoms with Crippen LogP contribution < -0.4 is 5.32 Å². The molecule has 0 aliphatic rings. The molecule has 0 radical (unpaired) electrons. The summed E-state index contributed by atoms with van der Waals surface area (Å²) in [7, 11) is 0. The van der Waals surface area contributed by atoms with Crippen molar-refractivity contribution in [3.05, 3.63) is 28.0 Å². The van der Waals surface area contributed by atoms with Crippen LogP contribution in [-0.2, 0) is 0 Å². The normalized spacial score (nSPS) is 12.2. The second kappa shape index (κ2) is 6.82. The summed E-state index contributed by atoms with van der Waals surface area (Å²) in [4.78, 5) is 15.8. The number of carbonyl (C=O) groups is 1. The number of nitrogens with zero attached hydrogens (tertiary/aromatic N) is 1. The highest BCUT2D eigenvalue weighted by molar-refractivity contribution is 6.35. The molecule has 1 unspecified atom stereocenters. The lowest BCUT2D eigenvalue weighted by atomic mass is 10.1. The third-order valence-corrected chi connectivity index (χ3v) is 3.04.